The highest BCUT2D eigenvalue weighted by molar-refractivity contribution is 7.18. The van der Waals surface area contributed by atoms with Crippen LogP contribution < -0.4 is 0 Å². The second-order valence-corrected chi connectivity index (χ2v) is 7.29. The fourth-order valence-corrected chi connectivity index (χ4v) is 4.15. The van der Waals surface area contributed by atoms with Gasteiger partial charge in [-0.2, -0.15) is 0 Å². The number of rotatable bonds is 2. The number of hydrogen-bond acceptors (Lipinski definition) is 4. The maximum Gasteiger partial charge on any atom is 0.0993 e. The normalized spacial score (nSPS) is 26.2. The molecule has 2 aromatic rings. The van der Waals surface area contributed by atoms with Crippen LogP contribution in [-0.2, 0) is 4.74 Å². The van der Waals surface area contributed by atoms with Crippen molar-refractivity contribution in [1.29, 1.82) is 0 Å². The van der Waals surface area contributed by atoms with Gasteiger partial charge in [-0.3, -0.25) is 4.99 Å². The molecule has 4 heteroatoms. The van der Waals surface area contributed by atoms with Crippen LogP contribution in [0.15, 0.2) is 23.2 Å². The molecule has 1 aromatic heterocycles. The van der Waals surface area contributed by atoms with Gasteiger partial charge in [0, 0.05) is 24.8 Å². The van der Waals surface area contributed by atoms with Gasteiger partial charge in [-0.15, -0.1) is 11.3 Å². The topological polar surface area (TPSA) is 34.5 Å². The third-order valence-corrected chi connectivity index (χ3v) is 5.68. The lowest BCUT2D eigenvalue weighted by molar-refractivity contribution is 0.194. The molecule has 0 N–H and O–H groups in total. The summed E-state index contributed by atoms with van der Waals surface area (Å²) in [6.07, 6.45) is 3.45. The third kappa shape index (κ3) is 2.62. The van der Waals surface area contributed by atoms with E-state index in [1.165, 1.54) is 27.4 Å². The molecule has 3 heterocycles. The monoisotopic (exact) mass is 300 g/mol. The molecule has 1 unspecified atom stereocenters. The molecule has 1 fully saturated rings. The van der Waals surface area contributed by atoms with Gasteiger partial charge in [-0.1, -0.05) is 13.0 Å². The van der Waals surface area contributed by atoms with Crippen molar-refractivity contribution in [2.45, 2.75) is 32.1 Å². The summed E-state index contributed by atoms with van der Waals surface area (Å²) in [5, 5.41) is 1.24. The lowest BCUT2D eigenvalue weighted by Crippen LogP contribution is -2.14. The molecule has 4 rings (SSSR count). The van der Waals surface area contributed by atoms with E-state index >= 15 is 0 Å². The number of aliphatic imine (C=N–C) groups is 1. The molecule has 3 nitrogen and oxygen atoms in total. The molecule has 0 radical (unpaired) electrons. The van der Waals surface area contributed by atoms with Crippen molar-refractivity contribution in [2.75, 3.05) is 19.8 Å². The Bertz CT molecular complexity index is 685. The van der Waals surface area contributed by atoms with Crippen LogP contribution in [0.2, 0.25) is 0 Å². The molecule has 1 aromatic carbocycles. The highest BCUT2D eigenvalue weighted by Crippen LogP contribution is 2.33. The maximum absolute atomic E-state index is 5.48. The van der Waals surface area contributed by atoms with E-state index in [-0.39, 0.29) is 0 Å². The molecule has 0 amide bonds. The third-order valence-electron chi connectivity index (χ3n) is 4.48. The van der Waals surface area contributed by atoms with Gasteiger partial charge in [0.15, 0.2) is 0 Å². The minimum absolute atomic E-state index is 0.499. The van der Waals surface area contributed by atoms with Crippen LogP contribution in [-0.4, -0.2) is 30.5 Å². The van der Waals surface area contributed by atoms with Crippen molar-refractivity contribution in [1.82, 2.24) is 4.98 Å². The van der Waals surface area contributed by atoms with E-state index in [2.05, 4.69) is 25.1 Å². The summed E-state index contributed by atoms with van der Waals surface area (Å²) in [6, 6.07) is 6.65. The summed E-state index contributed by atoms with van der Waals surface area (Å²) in [4.78, 5) is 9.59. The molecule has 0 saturated carbocycles. The molecule has 0 aliphatic carbocycles. The predicted molar refractivity (Wildman–Crippen MR) is 87.6 cm³/mol. The van der Waals surface area contributed by atoms with Gasteiger partial charge in [0.25, 0.3) is 0 Å². The van der Waals surface area contributed by atoms with Crippen molar-refractivity contribution in [3.63, 3.8) is 0 Å². The Morgan fingerprint density at radius 2 is 2.24 bits per heavy atom. The molecular weight excluding hydrogens is 280 g/mol. The number of thiazole rings is 1. The fourth-order valence-electron chi connectivity index (χ4n) is 3.08. The van der Waals surface area contributed by atoms with Gasteiger partial charge in [0.2, 0.25) is 0 Å². The first-order valence-electron chi connectivity index (χ1n) is 7.81. The van der Waals surface area contributed by atoms with Crippen LogP contribution in [0.3, 0.4) is 0 Å². The molecule has 2 aliphatic heterocycles. The number of benzene rings is 1. The van der Waals surface area contributed by atoms with Crippen LogP contribution in [0, 0.1) is 5.92 Å². The summed E-state index contributed by atoms with van der Waals surface area (Å²) in [6.45, 7) is 4.95. The number of aromatic nitrogens is 1. The van der Waals surface area contributed by atoms with Gasteiger partial charge < -0.3 is 4.74 Å². The molecule has 21 heavy (non-hydrogen) atoms. The van der Waals surface area contributed by atoms with Crippen molar-refractivity contribution in [3.05, 3.63) is 28.8 Å². The number of fused-ring (bicyclic) bond motifs is 1. The zero-order chi connectivity index (χ0) is 14.2. The second-order valence-electron chi connectivity index (χ2n) is 6.23. The van der Waals surface area contributed by atoms with Crippen molar-refractivity contribution in [2.24, 2.45) is 10.9 Å². The van der Waals surface area contributed by atoms with Crippen molar-refractivity contribution < 1.29 is 4.74 Å². The lowest BCUT2D eigenvalue weighted by Gasteiger charge is -2.17. The largest absolute Gasteiger partial charge is 0.381 e. The fraction of sp³-hybridized carbons (Fsp3) is 0.529. The molecule has 110 valence electrons. The van der Waals surface area contributed by atoms with Crippen molar-refractivity contribution in [3.8, 4) is 0 Å². The maximum atomic E-state index is 5.48. The summed E-state index contributed by atoms with van der Waals surface area (Å²) >= 11 is 1.82. The zero-order valence-corrected chi connectivity index (χ0v) is 13.2. The first-order valence-corrected chi connectivity index (χ1v) is 8.63. The molecule has 0 bridgehead atoms. The Balaban J connectivity index is 1.66. The average Bonchev–Trinajstić information content (AvgIpc) is 3.16. The van der Waals surface area contributed by atoms with Gasteiger partial charge >= 0.3 is 0 Å². The van der Waals surface area contributed by atoms with E-state index in [1.807, 2.05) is 11.3 Å². The molecule has 0 spiro atoms. The van der Waals surface area contributed by atoms with Gasteiger partial charge in [0.1, 0.15) is 0 Å². The smallest absolute Gasteiger partial charge is 0.0993 e. The Hall–Kier alpha value is -1.26. The summed E-state index contributed by atoms with van der Waals surface area (Å²) < 4.78 is 6.77. The Labute approximate surface area is 129 Å². The van der Waals surface area contributed by atoms with Gasteiger partial charge in [-0.25, -0.2) is 4.98 Å². The van der Waals surface area contributed by atoms with Crippen LogP contribution >= 0.6 is 11.3 Å². The summed E-state index contributed by atoms with van der Waals surface area (Å²) in [7, 11) is 0. The SMILES string of the molecule is C[C@H]1CCC(c2ccc3sc(C4CCOC4)nc3c2)=NC1. The van der Waals surface area contributed by atoms with Crippen LogP contribution in [0.1, 0.15) is 42.7 Å². The Morgan fingerprint density at radius 1 is 1.29 bits per heavy atom. The number of hydrogen-bond donors (Lipinski definition) is 0. The Morgan fingerprint density at radius 3 is 3.00 bits per heavy atom. The average molecular weight is 300 g/mol. The van der Waals surface area contributed by atoms with Gasteiger partial charge in [-0.05, 0) is 42.9 Å². The van der Waals surface area contributed by atoms with Crippen LogP contribution in [0.5, 0.6) is 0 Å². The predicted octanol–water partition coefficient (Wildman–Crippen LogP) is 4.02. The quantitative estimate of drug-likeness (QED) is 0.839. The number of nitrogens with zero attached hydrogens (tertiary/aromatic N) is 2. The van der Waals surface area contributed by atoms with Crippen molar-refractivity contribution >= 4 is 27.3 Å². The van der Waals surface area contributed by atoms with Crippen LogP contribution in [0.4, 0.5) is 0 Å². The molecular formula is C17H20N2OS. The van der Waals surface area contributed by atoms with E-state index in [4.69, 9.17) is 14.7 Å². The first-order chi connectivity index (χ1) is 10.3. The molecule has 2 aliphatic rings. The number of ether oxygens (including phenoxy) is 1. The minimum atomic E-state index is 0.499. The molecule has 2 atom stereocenters. The standard InChI is InChI=1S/C17H20N2OS/c1-11-2-4-14(18-9-11)12-3-5-16-15(8-12)19-17(21-16)13-6-7-20-10-13/h3,5,8,11,13H,2,4,6-7,9-10H2,1H3/t11-,13?/m0/s1. The van der Waals surface area contributed by atoms with Gasteiger partial charge in [0.05, 0.1) is 21.8 Å². The zero-order valence-electron chi connectivity index (χ0n) is 12.3. The molecule has 1 saturated heterocycles. The summed E-state index contributed by atoms with van der Waals surface area (Å²) in [5.74, 6) is 1.23. The Kier molecular flexibility index (Phi) is 3.51. The lowest BCUT2D eigenvalue weighted by atomic mass is 9.96. The van der Waals surface area contributed by atoms with E-state index in [0.29, 0.717) is 5.92 Å². The highest BCUT2D eigenvalue weighted by Gasteiger charge is 2.21. The van der Waals surface area contributed by atoms with E-state index in [9.17, 15) is 0 Å². The second kappa shape index (κ2) is 5.50. The minimum Gasteiger partial charge on any atom is -0.381 e. The first kappa shape index (κ1) is 13.4. The van der Waals surface area contributed by atoms with Crippen LogP contribution in [0.25, 0.3) is 10.2 Å². The highest BCUT2D eigenvalue weighted by atomic mass is 32.1. The van der Waals surface area contributed by atoms with E-state index in [0.717, 1.165) is 44.0 Å². The van der Waals surface area contributed by atoms with E-state index in [1.54, 1.807) is 0 Å². The summed E-state index contributed by atoms with van der Waals surface area (Å²) in [5.41, 5.74) is 3.64. The van der Waals surface area contributed by atoms with E-state index < -0.39 is 0 Å².